The number of carbonyl (C=O) groups is 2. The largest absolute Gasteiger partial charge is 0.355 e. The van der Waals surface area contributed by atoms with Gasteiger partial charge in [-0.25, -0.2) is 19.4 Å². The predicted molar refractivity (Wildman–Crippen MR) is 92.8 cm³/mol. The molecule has 0 unspecified atom stereocenters. The molecule has 0 saturated carbocycles. The minimum atomic E-state index is -0.510. The average molecular weight is 328 g/mol. The average Bonchev–Trinajstić information content (AvgIpc) is 2.56. The van der Waals surface area contributed by atoms with Gasteiger partial charge in [-0.2, -0.15) is 0 Å². The van der Waals surface area contributed by atoms with Crippen LogP contribution >= 0.6 is 0 Å². The zero-order valence-electron chi connectivity index (χ0n) is 15.2. The van der Waals surface area contributed by atoms with Crippen molar-refractivity contribution in [1.82, 2.24) is 0 Å². The molecule has 0 aliphatic rings. The van der Waals surface area contributed by atoms with Crippen LogP contribution in [0.5, 0.6) is 0 Å². The Bertz CT molecular complexity index is 289. The van der Waals surface area contributed by atoms with Crippen molar-refractivity contribution in [2.75, 3.05) is 0 Å². The van der Waals surface area contributed by atoms with Crippen molar-refractivity contribution < 1.29 is 19.4 Å². The van der Waals surface area contributed by atoms with Crippen LogP contribution in [0.2, 0.25) is 0 Å². The zero-order chi connectivity index (χ0) is 17.2. The van der Waals surface area contributed by atoms with Crippen molar-refractivity contribution in [2.45, 2.75) is 110 Å². The molecule has 0 aliphatic heterocycles. The highest BCUT2D eigenvalue weighted by Gasteiger charge is 2.07. The molecule has 0 fully saturated rings. The van der Waals surface area contributed by atoms with Crippen LogP contribution in [-0.2, 0) is 19.4 Å². The van der Waals surface area contributed by atoms with Crippen molar-refractivity contribution in [1.29, 1.82) is 0 Å². The van der Waals surface area contributed by atoms with Crippen LogP contribution in [0.1, 0.15) is 110 Å². The fraction of sp³-hybridized carbons (Fsp3) is 0.895. The van der Waals surface area contributed by atoms with Crippen molar-refractivity contribution in [3.63, 3.8) is 0 Å². The number of carbonyl (C=O) groups excluding carboxylic acids is 2. The van der Waals surface area contributed by atoms with Crippen LogP contribution in [0.3, 0.4) is 0 Å². The summed E-state index contributed by atoms with van der Waals surface area (Å²) in [5.74, 6) is -0.960. The summed E-state index contributed by atoms with van der Waals surface area (Å²) >= 11 is 0. The second-order valence-corrected chi connectivity index (χ2v) is 6.26. The Morgan fingerprint density at radius 3 is 1.39 bits per heavy atom. The van der Waals surface area contributed by atoms with Crippen LogP contribution in [-0.4, -0.2) is 11.9 Å². The monoisotopic (exact) mass is 328 g/mol. The van der Waals surface area contributed by atoms with Crippen molar-refractivity contribution in [2.24, 2.45) is 0 Å². The first-order valence-electron chi connectivity index (χ1n) is 9.60. The normalized spacial score (nSPS) is 10.5. The first kappa shape index (κ1) is 21.9. The van der Waals surface area contributed by atoms with Crippen LogP contribution in [0, 0.1) is 0 Å². The molecule has 0 bridgehead atoms. The lowest BCUT2D eigenvalue weighted by molar-refractivity contribution is -0.258. The molecule has 4 heteroatoms. The van der Waals surface area contributed by atoms with Gasteiger partial charge in [-0.1, -0.05) is 90.9 Å². The third-order valence-electron chi connectivity index (χ3n) is 4.00. The summed E-state index contributed by atoms with van der Waals surface area (Å²) < 4.78 is 0. The van der Waals surface area contributed by atoms with Gasteiger partial charge in [0.2, 0.25) is 0 Å². The predicted octanol–water partition coefficient (Wildman–Crippen LogP) is 5.88. The van der Waals surface area contributed by atoms with Gasteiger partial charge in [-0.15, -0.1) is 0 Å². The first-order chi connectivity index (χ1) is 11.2. The number of unbranched alkanes of at least 4 members (excludes halogenated alkanes) is 12. The fourth-order valence-electron chi connectivity index (χ4n) is 2.48. The summed E-state index contributed by atoms with van der Waals surface area (Å²) in [7, 11) is 0. The highest BCUT2D eigenvalue weighted by atomic mass is 17.2. The van der Waals surface area contributed by atoms with Gasteiger partial charge in [0.15, 0.2) is 0 Å². The van der Waals surface area contributed by atoms with Gasteiger partial charge in [0, 0.05) is 6.42 Å². The highest BCUT2D eigenvalue weighted by molar-refractivity contribution is 5.72. The molecule has 0 aromatic carbocycles. The van der Waals surface area contributed by atoms with Gasteiger partial charge in [-0.3, -0.25) is 0 Å². The zero-order valence-corrected chi connectivity index (χ0v) is 15.2. The van der Waals surface area contributed by atoms with Crippen LogP contribution in [0.25, 0.3) is 0 Å². The molecule has 0 heterocycles. The number of rotatable bonds is 15. The van der Waals surface area contributed by atoms with E-state index in [2.05, 4.69) is 16.7 Å². The molecule has 23 heavy (non-hydrogen) atoms. The lowest BCUT2D eigenvalue weighted by Gasteiger charge is -2.03. The summed E-state index contributed by atoms with van der Waals surface area (Å²) in [6.45, 7) is 3.91. The molecule has 136 valence electrons. The Hall–Kier alpha value is -1.06. The molecule has 4 nitrogen and oxygen atoms in total. The quantitative estimate of drug-likeness (QED) is 0.214. The van der Waals surface area contributed by atoms with E-state index in [0.29, 0.717) is 6.42 Å². The Morgan fingerprint density at radius 2 is 0.957 bits per heavy atom. The highest BCUT2D eigenvalue weighted by Crippen LogP contribution is 2.13. The van der Waals surface area contributed by atoms with E-state index in [1.807, 2.05) is 0 Å². The Morgan fingerprint density at radius 1 is 0.565 bits per heavy atom. The lowest BCUT2D eigenvalue weighted by atomic mass is 10.0. The van der Waals surface area contributed by atoms with E-state index >= 15 is 0 Å². The molecule has 0 amide bonds. The summed E-state index contributed by atoms with van der Waals surface area (Å²) in [4.78, 5) is 30.8. The van der Waals surface area contributed by atoms with Crippen molar-refractivity contribution >= 4 is 11.9 Å². The number of hydrogen-bond donors (Lipinski definition) is 0. The van der Waals surface area contributed by atoms with E-state index in [4.69, 9.17) is 0 Å². The maximum Gasteiger partial charge on any atom is 0.355 e. The maximum absolute atomic E-state index is 11.3. The van der Waals surface area contributed by atoms with Crippen LogP contribution in [0.15, 0.2) is 0 Å². The SMILES string of the molecule is CCCCCCCCCCCCCCCC(=O)OOC(=O)CC. The van der Waals surface area contributed by atoms with Crippen molar-refractivity contribution in [3.8, 4) is 0 Å². The Balaban J connectivity index is 3.15. The lowest BCUT2D eigenvalue weighted by Crippen LogP contribution is -2.10. The molecule has 0 rings (SSSR count). The second kappa shape index (κ2) is 17.3. The molecule has 0 spiro atoms. The van der Waals surface area contributed by atoms with E-state index in [-0.39, 0.29) is 6.42 Å². The molecule has 0 aromatic heterocycles. The second-order valence-electron chi connectivity index (χ2n) is 6.26. The topological polar surface area (TPSA) is 52.6 Å². The van der Waals surface area contributed by atoms with Gasteiger partial charge in [0.1, 0.15) is 0 Å². The molecule has 0 radical (unpaired) electrons. The molecular weight excluding hydrogens is 292 g/mol. The van der Waals surface area contributed by atoms with Gasteiger partial charge in [0.05, 0.1) is 6.42 Å². The van der Waals surface area contributed by atoms with Gasteiger partial charge in [-0.05, 0) is 6.42 Å². The summed E-state index contributed by atoms with van der Waals surface area (Å²) in [5, 5.41) is 0. The summed E-state index contributed by atoms with van der Waals surface area (Å²) in [6, 6.07) is 0. The molecule has 0 N–H and O–H groups in total. The third-order valence-corrected chi connectivity index (χ3v) is 4.00. The van der Waals surface area contributed by atoms with E-state index in [1.165, 1.54) is 70.6 Å². The van der Waals surface area contributed by atoms with E-state index < -0.39 is 11.9 Å². The van der Waals surface area contributed by atoms with Gasteiger partial charge < -0.3 is 0 Å². The summed E-state index contributed by atoms with van der Waals surface area (Å²) in [5.41, 5.74) is 0. The van der Waals surface area contributed by atoms with Crippen molar-refractivity contribution in [3.05, 3.63) is 0 Å². The van der Waals surface area contributed by atoms with E-state index in [0.717, 1.165) is 12.8 Å². The van der Waals surface area contributed by atoms with Gasteiger partial charge in [0.25, 0.3) is 0 Å². The molecule has 0 aliphatic carbocycles. The minimum absolute atomic E-state index is 0.214. The fourth-order valence-corrected chi connectivity index (χ4v) is 2.48. The first-order valence-corrected chi connectivity index (χ1v) is 9.60. The smallest absolute Gasteiger partial charge is 0.247 e. The standard InChI is InChI=1S/C19H36O4/c1-3-5-6-7-8-9-10-11-12-13-14-15-16-17-19(21)23-22-18(20)4-2/h3-17H2,1-2H3. The minimum Gasteiger partial charge on any atom is -0.247 e. The van der Waals surface area contributed by atoms with E-state index in [1.54, 1.807) is 6.92 Å². The van der Waals surface area contributed by atoms with Crippen LogP contribution < -0.4 is 0 Å². The van der Waals surface area contributed by atoms with Crippen LogP contribution in [0.4, 0.5) is 0 Å². The summed E-state index contributed by atoms with van der Waals surface area (Å²) in [6.07, 6.45) is 17.1. The van der Waals surface area contributed by atoms with E-state index in [9.17, 15) is 9.59 Å². The molecule has 0 saturated heterocycles. The Kier molecular flexibility index (Phi) is 16.5. The molecule has 0 aromatic rings. The van der Waals surface area contributed by atoms with Gasteiger partial charge >= 0.3 is 11.9 Å². The third kappa shape index (κ3) is 17.1. The molecule has 0 atom stereocenters. The number of hydrogen-bond acceptors (Lipinski definition) is 4. The Labute approximate surface area is 142 Å². The maximum atomic E-state index is 11.3. The molecular formula is C19H36O4.